The van der Waals surface area contributed by atoms with Crippen molar-refractivity contribution in [2.45, 2.75) is 32.6 Å². The summed E-state index contributed by atoms with van der Waals surface area (Å²) in [6, 6.07) is 11.6. The number of Topliss-reactive ketones (excluding diaryl/α,β-unsaturated/α-hetero) is 1. The van der Waals surface area contributed by atoms with E-state index in [1.165, 1.54) is 25.7 Å². The summed E-state index contributed by atoms with van der Waals surface area (Å²) < 4.78 is 0. The molecule has 0 amide bonds. The van der Waals surface area contributed by atoms with Crippen molar-refractivity contribution in [2.24, 2.45) is 0 Å². The lowest BCUT2D eigenvalue weighted by molar-refractivity contribution is 0.101. The molecule has 0 aliphatic carbocycles. The maximum absolute atomic E-state index is 11.3. The molecule has 22 heavy (non-hydrogen) atoms. The van der Waals surface area contributed by atoms with Crippen molar-refractivity contribution >= 4 is 11.6 Å². The van der Waals surface area contributed by atoms with Gasteiger partial charge in [0.2, 0.25) is 0 Å². The van der Waals surface area contributed by atoms with Crippen LogP contribution in [0, 0.1) is 0 Å². The number of hydrogen-bond acceptors (Lipinski definition) is 4. The van der Waals surface area contributed by atoms with Crippen LogP contribution in [0.25, 0.3) is 11.3 Å². The number of anilines is 1. The van der Waals surface area contributed by atoms with Crippen molar-refractivity contribution in [1.29, 1.82) is 0 Å². The van der Waals surface area contributed by atoms with Crippen LogP contribution in [0.5, 0.6) is 0 Å². The zero-order chi connectivity index (χ0) is 15.4. The number of carbonyl (C=O) groups is 1. The maximum Gasteiger partial charge on any atom is 0.159 e. The van der Waals surface area contributed by atoms with Crippen LogP contribution in [0.2, 0.25) is 0 Å². The summed E-state index contributed by atoms with van der Waals surface area (Å²) in [6.07, 6.45) is 5.08. The van der Waals surface area contributed by atoms with Crippen LogP contribution in [0.15, 0.2) is 36.4 Å². The fraction of sp³-hybridized carbons (Fsp3) is 0.389. The highest BCUT2D eigenvalue weighted by atomic mass is 16.1. The van der Waals surface area contributed by atoms with Crippen LogP contribution < -0.4 is 4.90 Å². The van der Waals surface area contributed by atoms with Crippen molar-refractivity contribution in [3.8, 4) is 11.3 Å². The Bertz CT molecular complexity index is 626. The number of carbonyl (C=O) groups excluding carboxylic acids is 1. The Morgan fingerprint density at radius 3 is 2.14 bits per heavy atom. The first kappa shape index (κ1) is 14.7. The normalized spacial score (nSPS) is 15.4. The van der Waals surface area contributed by atoms with Gasteiger partial charge < -0.3 is 4.90 Å². The number of aromatic nitrogens is 2. The van der Waals surface area contributed by atoms with Gasteiger partial charge in [-0.15, -0.1) is 10.2 Å². The minimum absolute atomic E-state index is 0.0779. The first-order valence-corrected chi connectivity index (χ1v) is 7.94. The lowest BCUT2D eigenvalue weighted by Gasteiger charge is -2.20. The molecule has 0 radical (unpaired) electrons. The van der Waals surface area contributed by atoms with Crippen LogP contribution >= 0.6 is 0 Å². The van der Waals surface area contributed by atoms with Gasteiger partial charge in [0.1, 0.15) is 0 Å². The second-order valence-corrected chi connectivity index (χ2v) is 5.81. The van der Waals surface area contributed by atoms with Gasteiger partial charge >= 0.3 is 0 Å². The Kier molecular flexibility index (Phi) is 4.47. The molecule has 0 bridgehead atoms. The van der Waals surface area contributed by atoms with E-state index in [-0.39, 0.29) is 5.78 Å². The van der Waals surface area contributed by atoms with E-state index in [1.807, 2.05) is 36.4 Å². The molecule has 2 heterocycles. The molecule has 0 unspecified atom stereocenters. The Labute approximate surface area is 131 Å². The molecule has 0 spiro atoms. The van der Waals surface area contributed by atoms with E-state index in [1.54, 1.807) is 6.92 Å². The SMILES string of the molecule is CC(=O)c1ccc(-c2ccc(N3CCCCCC3)nn2)cc1. The van der Waals surface area contributed by atoms with Crippen LogP contribution in [-0.2, 0) is 0 Å². The summed E-state index contributed by atoms with van der Waals surface area (Å²) in [5.74, 6) is 1.04. The van der Waals surface area contributed by atoms with Gasteiger partial charge in [0.25, 0.3) is 0 Å². The molecule has 1 saturated heterocycles. The van der Waals surface area contributed by atoms with Gasteiger partial charge in [0.05, 0.1) is 5.69 Å². The molecule has 0 N–H and O–H groups in total. The number of rotatable bonds is 3. The van der Waals surface area contributed by atoms with Crippen LogP contribution in [0.4, 0.5) is 5.82 Å². The third kappa shape index (κ3) is 3.32. The molecule has 1 aromatic heterocycles. The minimum atomic E-state index is 0.0779. The quantitative estimate of drug-likeness (QED) is 0.810. The zero-order valence-electron chi connectivity index (χ0n) is 13.0. The highest BCUT2D eigenvalue weighted by molar-refractivity contribution is 5.94. The van der Waals surface area contributed by atoms with E-state index in [4.69, 9.17) is 0 Å². The van der Waals surface area contributed by atoms with Crippen molar-refractivity contribution < 1.29 is 4.79 Å². The summed E-state index contributed by atoms with van der Waals surface area (Å²) >= 11 is 0. The molecule has 1 aliphatic heterocycles. The molecular formula is C18H21N3O. The molecule has 4 nitrogen and oxygen atoms in total. The molecule has 2 aromatic rings. The molecule has 4 heteroatoms. The number of nitrogens with zero attached hydrogens (tertiary/aromatic N) is 3. The molecule has 1 aliphatic rings. The van der Waals surface area contributed by atoms with Crippen molar-refractivity contribution in [1.82, 2.24) is 10.2 Å². The van der Waals surface area contributed by atoms with Crippen molar-refractivity contribution in [3.63, 3.8) is 0 Å². The monoisotopic (exact) mass is 295 g/mol. The lowest BCUT2D eigenvalue weighted by atomic mass is 10.1. The summed E-state index contributed by atoms with van der Waals surface area (Å²) in [4.78, 5) is 13.6. The summed E-state index contributed by atoms with van der Waals surface area (Å²) in [5.41, 5.74) is 2.55. The van der Waals surface area contributed by atoms with Gasteiger partial charge in [-0.3, -0.25) is 4.79 Å². The predicted molar refractivity (Wildman–Crippen MR) is 88.2 cm³/mol. The van der Waals surface area contributed by atoms with Crippen molar-refractivity contribution in [2.75, 3.05) is 18.0 Å². The van der Waals surface area contributed by atoms with Gasteiger partial charge in [-0.25, -0.2) is 0 Å². The molecule has 0 saturated carbocycles. The molecule has 0 atom stereocenters. The third-order valence-corrected chi connectivity index (χ3v) is 4.17. The Morgan fingerprint density at radius 1 is 0.909 bits per heavy atom. The number of benzene rings is 1. The van der Waals surface area contributed by atoms with Gasteiger partial charge in [-0.05, 0) is 31.9 Å². The average molecular weight is 295 g/mol. The fourth-order valence-corrected chi connectivity index (χ4v) is 2.82. The fourth-order valence-electron chi connectivity index (χ4n) is 2.82. The van der Waals surface area contributed by atoms with Crippen LogP contribution in [-0.4, -0.2) is 29.1 Å². The van der Waals surface area contributed by atoms with E-state index in [0.29, 0.717) is 0 Å². The third-order valence-electron chi connectivity index (χ3n) is 4.17. The number of ketones is 1. The van der Waals surface area contributed by atoms with Crippen LogP contribution in [0.3, 0.4) is 0 Å². The first-order chi connectivity index (χ1) is 10.7. The van der Waals surface area contributed by atoms with Gasteiger partial charge in [0, 0.05) is 24.2 Å². The Hall–Kier alpha value is -2.23. The predicted octanol–water partition coefficient (Wildman–Crippen LogP) is 3.73. The summed E-state index contributed by atoms with van der Waals surface area (Å²) in [7, 11) is 0. The maximum atomic E-state index is 11.3. The van der Waals surface area contributed by atoms with E-state index in [0.717, 1.165) is 35.7 Å². The zero-order valence-corrected chi connectivity index (χ0v) is 13.0. The second-order valence-electron chi connectivity index (χ2n) is 5.81. The first-order valence-electron chi connectivity index (χ1n) is 7.94. The molecule has 3 rings (SSSR count). The lowest BCUT2D eigenvalue weighted by Crippen LogP contribution is -2.25. The topological polar surface area (TPSA) is 46.1 Å². The molecule has 114 valence electrons. The van der Waals surface area contributed by atoms with E-state index < -0.39 is 0 Å². The highest BCUT2D eigenvalue weighted by Gasteiger charge is 2.12. The average Bonchev–Trinajstić information content (AvgIpc) is 2.84. The van der Waals surface area contributed by atoms with E-state index in [2.05, 4.69) is 15.1 Å². The Balaban J connectivity index is 1.77. The molecule has 1 fully saturated rings. The second kappa shape index (κ2) is 6.69. The largest absolute Gasteiger partial charge is 0.355 e. The summed E-state index contributed by atoms with van der Waals surface area (Å²) in [5, 5.41) is 8.74. The van der Waals surface area contributed by atoms with Gasteiger partial charge in [-0.2, -0.15) is 0 Å². The van der Waals surface area contributed by atoms with E-state index in [9.17, 15) is 4.79 Å². The van der Waals surface area contributed by atoms with E-state index >= 15 is 0 Å². The molecular weight excluding hydrogens is 274 g/mol. The minimum Gasteiger partial charge on any atom is -0.355 e. The standard InChI is InChI=1S/C18H21N3O/c1-14(22)15-6-8-16(9-7-15)17-10-11-18(20-19-17)21-12-4-2-3-5-13-21/h6-11H,2-5,12-13H2,1H3. The smallest absolute Gasteiger partial charge is 0.159 e. The van der Waals surface area contributed by atoms with Crippen molar-refractivity contribution in [3.05, 3.63) is 42.0 Å². The number of hydrogen-bond donors (Lipinski definition) is 0. The molecule has 1 aromatic carbocycles. The highest BCUT2D eigenvalue weighted by Crippen LogP contribution is 2.21. The van der Waals surface area contributed by atoms with Gasteiger partial charge in [-0.1, -0.05) is 37.1 Å². The van der Waals surface area contributed by atoms with Gasteiger partial charge in [0.15, 0.2) is 11.6 Å². The summed E-state index contributed by atoms with van der Waals surface area (Å²) in [6.45, 7) is 3.72. The Morgan fingerprint density at radius 2 is 1.59 bits per heavy atom. The van der Waals surface area contributed by atoms with Crippen LogP contribution in [0.1, 0.15) is 43.0 Å².